The van der Waals surface area contributed by atoms with Crippen molar-refractivity contribution in [3.05, 3.63) is 58.6 Å². The fraction of sp³-hybridized carbons (Fsp3) is 0.458. The topological polar surface area (TPSA) is 66.5 Å². The Morgan fingerprint density at radius 1 is 1.10 bits per heavy atom. The van der Waals surface area contributed by atoms with Crippen LogP contribution >= 0.6 is 11.6 Å². The van der Waals surface area contributed by atoms with Gasteiger partial charge in [0, 0.05) is 11.6 Å². The minimum Gasteiger partial charge on any atom is -0.354 e. The van der Waals surface area contributed by atoms with Gasteiger partial charge in [-0.15, -0.1) is 0 Å². The van der Waals surface area contributed by atoms with Gasteiger partial charge in [-0.3, -0.25) is 9.10 Å². The molecule has 5 nitrogen and oxygen atoms in total. The summed E-state index contributed by atoms with van der Waals surface area (Å²) in [6.07, 6.45) is 4.25. The molecule has 0 radical (unpaired) electrons. The minimum atomic E-state index is -3.95. The van der Waals surface area contributed by atoms with Gasteiger partial charge in [-0.05, 0) is 56.0 Å². The first-order valence-corrected chi connectivity index (χ1v) is 12.6. The van der Waals surface area contributed by atoms with Gasteiger partial charge in [0.15, 0.2) is 0 Å². The van der Waals surface area contributed by atoms with E-state index >= 15 is 0 Å². The van der Waals surface area contributed by atoms with Crippen LogP contribution in [0.1, 0.15) is 50.7 Å². The van der Waals surface area contributed by atoms with Crippen molar-refractivity contribution in [2.75, 3.05) is 17.4 Å². The third kappa shape index (κ3) is 6.71. The molecule has 7 heteroatoms. The lowest BCUT2D eigenvalue weighted by atomic mass is 9.99. The van der Waals surface area contributed by atoms with Crippen molar-refractivity contribution in [3.63, 3.8) is 0 Å². The summed E-state index contributed by atoms with van der Waals surface area (Å²) >= 11 is 6.26. The number of nitrogens with one attached hydrogen (secondary N) is 1. The molecule has 0 spiro atoms. The number of nitrogens with zero attached hydrogens (tertiary/aromatic N) is 1. The molecule has 1 N–H and O–H groups in total. The second kappa shape index (κ2) is 11.5. The Kier molecular flexibility index (Phi) is 9.38. The van der Waals surface area contributed by atoms with Crippen molar-refractivity contribution in [2.24, 2.45) is 5.92 Å². The van der Waals surface area contributed by atoms with Gasteiger partial charge in [0.2, 0.25) is 5.91 Å². The average molecular weight is 465 g/mol. The van der Waals surface area contributed by atoms with E-state index in [-0.39, 0.29) is 17.3 Å². The largest absolute Gasteiger partial charge is 0.354 e. The van der Waals surface area contributed by atoms with Crippen LogP contribution in [0, 0.1) is 19.8 Å². The highest BCUT2D eigenvalue weighted by Gasteiger charge is 2.28. The molecule has 170 valence electrons. The van der Waals surface area contributed by atoms with Gasteiger partial charge in [0.25, 0.3) is 10.0 Å². The second-order valence-electron chi connectivity index (χ2n) is 7.93. The number of aryl methyl sites for hydroxylation is 1. The first kappa shape index (κ1) is 25.2. The van der Waals surface area contributed by atoms with Gasteiger partial charge in [0.05, 0.1) is 10.6 Å². The van der Waals surface area contributed by atoms with Gasteiger partial charge in [-0.2, -0.15) is 0 Å². The number of anilines is 1. The smallest absolute Gasteiger partial charge is 0.264 e. The molecule has 0 aliphatic rings. The van der Waals surface area contributed by atoms with E-state index in [1.807, 2.05) is 6.92 Å². The number of sulfonamides is 1. The standard InChI is InChI=1S/C24H33ClN2O3S/c1-5-7-9-20(6-2)16-26-24(28)17-27(23-11-8-10-22(25)19(23)4)31(29,30)21-14-12-18(3)13-15-21/h8,10-15,20H,5-7,9,16-17H2,1-4H3,(H,26,28)/t20-/m0/s1. The zero-order chi connectivity index (χ0) is 23.0. The van der Waals surface area contributed by atoms with Crippen LogP contribution in [0.25, 0.3) is 0 Å². The van der Waals surface area contributed by atoms with E-state index in [0.29, 0.717) is 28.7 Å². The summed E-state index contributed by atoms with van der Waals surface area (Å²) < 4.78 is 28.1. The Bertz CT molecular complexity index is 975. The lowest BCUT2D eigenvalue weighted by molar-refractivity contribution is -0.119. The lowest BCUT2D eigenvalue weighted by Gasteiger charge is -2.26. The fourth-order valence-corrected chi connectivity index (χ4v) is 5.04. The molecule has 1 amide bonds. The molecule has 0 aliphatic heterocycles. The van der Waals surface area contributed by atoms with Crippen LogP contribution in [0.5, 0.6) is 0 Å². The minimum absolute atomic E-state index is 0.139. The van der Waals surface area contributed by atoms with E-state index in [1.54, 1.807) is 49.4 Å². The maximum atomic E-state index is 13.5. The number of hydrogen-bond acceptors (Lipinski definition) is 3. The molecule has 0 saturated carbocycles. The maximum Gasteiger partial charge on any atom is 0.264 e. The number of carbonyl (C=O) groups excluding carboxylic acids is 1. The van der Waals surface area contributed by atoms with E-state index in [0.717, 1.165) is 35.6 Å². The molecule has 31 heavy (non-hydrogen) atoms. The molecular formula is C24H33ClN2O3S. The zero-order valence-electron chi connectivity index (χ0n) is 18.8. The predicted octanol–water partition coefficient (Wildman–Crippen LogP) is 5.48. The van der Waals surface area contributed by atoms with Crippen molar-refractivity contribution in [2.45, 2.75) is 58.3 Å². The number of unbranched alkanes of at least 4 members (excludes halogenated alkanes) is 1. The number of halogens is 1. The van der Waals surface area contributed by atoms with Crippen LogP contribution in [0.4, 0.5) is 5.69 Å². The van der Waals surface area contributed by atoms with E-state index in [4.69, 9.17) is 11.6 Å². The van der Waals surface area contributed by atoms with Gasteiger partial charge in [0.1, 0.15) is 6.54 Å². The van der Waals surface area contributed by atoms with Crippen LogP contribution in [0.15, 0.2) is 47.4 Å². The summed E-state index contributed by atoms with van der Waals surface area (Å²) in [4.78, 5) is 12.9. The molecule has 0 unspecified atom stereocenters. The summed E-state index contributed by atoms with van der Waals surface area (Å²) in [7, 11) is -3.95. The SMILES string of the molecule is CCCC[C@H](CC)CNC(=O)CN(c1cccc(Cl)c1C)S(=O)(=O)c1ccc(C)cc1. The number of amides is 1. The molecule has 0 aromatic heterocycles. The molecule has 0 saturated heterocycles. The van der Waals surface area contributed by atoms with E-state index in [9.17, 15) is 13.2 Å². The van der Waals surface area contributed by atoms with Crippen LogP contribution in [-0.4, -0.2) is 27.4 Å². The molecule has 2 rings (SSSR count). The third-order valence-electron chi connectivity index (χ3n) is 5.54. The van der Waals surface area contributed by atoms with Crippen molar-refractivity contribution in [1.29, 1.82) is 0 Å². The number of rotatable bonds is 11. The Morgan fingerprint density at radius 2 is 1.77 bits per heavy atom. The van der Waals surface area contributed by atoms with Crippen LogP contribution in [-0.2, 0) is 14.8 Å². The monoisotopic (exact) mass is 464 g/mol. The Morgan fingerprint density at radius 3 is 2.39 bits per heavy atom. The van der Waals surface area contributed by atoms with Crippen molar-refractivity contribution in [1.82, 2.24) is 5.32 Å². The molecule has 0 fully saturated rings. The van der Waals surface area contributed by atoms with Gasteiger partial charge < -0.3 is 5.32 Å². The highest BCUT2D eigenvalue weighted by atomic mass is 35.5. The van der Waals surface area contributed by atoms with E-state index in [1.165, 1.54) is 0 Å². The zero-order valence-corrected chi connectivity index (χ0v) is 20.4. The highest BCUT2D eigenvalue weighted by molar-refractivity contribution is 7.92. The van der Waals surface area contributed by atoms with Crippen molar-refractivity contribution in [3.8, 4) is 0 Å². The summed E-state index contributed by atoms with van der Waals surface area (Å²) in [6.45, 7) is 8.14. The number of benzene rings is 2. The van der Waals surface area contributed by atoms with E-state index in [2.05, 4.69) is 19.2 Å². The molecular weight excluding hydrogens is 432 g/mol. The molecule has 2 aromatic carbocycles. The maximum absolute atomic E-state index is 13.5. The van der Waals surface area contributed by atoms with Crippen LogP contribution in [0.2, 0.25) is 5.02 Å². The Hall–Kier alpha value is -2.05. The first-order valence-electron chi connectivity index (χ1n) is 10.8. The van der Waals surface area contributed by atoms with Gasteiger partial charge in [-0.1, -0.05) is 68.5 Å². The number of carbonyl (C=O) groups is 1. The van der Waals surface area contributed by atoms with Crippen LogP contribution in [0.3, 0.4) is 0 Å². The highest BCUT2D eigenvalue weighted by Crippen LogP contribution is 2.30. The quantitative estimate of drug-likeness (QED) is 0.478. The number of hydrogen-bond donors (Lipinski definition) is 1. The molecule has 0 heterocycles. The Labute approximate surface area is 191 Å². The van der Waals surface area contributed by atoms with Crippen LogP contribution < -0.4 is 9.62 Å². The fourth-order valence-electron chi connectivity index (χ4n) is 3.39. The van der Waals surface area contributed by atoms with Crippen molar-refractivity contribution < 1.29 is 13.2 Å². The summed E-state index contributed by atoms with van der Waals surface area (Å²) in [5.41, 5.74) is 1.98. The van der Waals surface area contributed by atoms with Gasteiger partial charge in [-0.25, -0.2) is 8.42 Å². The molecule has 2 aromatic rings. The lowest BCUT2D eigenvalue weighted by Crippen LogP contribution is -2.42. The first-order chi connectivity index (χ1) is 14.7. The Balaban J connectivity index is 2.31. The normalized spacial score (nSPS) is 12.4. The second-order valence-corrected chi connectivity index (χ2v) is 10.2. The molecule has 0 bridgehead atoms. The van der Waals surface area contributed by atoms with Gasteiger partial charge >= 0.3 is 0 Å². The summed E-state index contributed by atoms with van der Waals surface area (Å²) in [5, 5.41) is 3.38. The average Bonchev–Trinajstić information content (AvgIpc) is 2.74. The van der Waals surface area contributed by atoms with Crippen molar-refractivity contribution >= 4 is 33.2 Å². The summed E-state index contributed by atoms with van der Waals surface area (Å²) in [6, 6.07) is 11.7. The summed E-state index contributed by atoms with van der Waals surface area (Å²) in [5.74, 6) is 0.0592. The molecule has 0 aliphatic carbocycles. The van der Waals surface area contributed by atoms with E-state index < -0.39 is 10.0 Å². The molecule has 1 atom stereocenters. The predicted molar refractivity (Wildman–Crippen MR) is 128 cm³/mol. The third-order valence-corrected chi connectivity index (χ3v) is 7.72.